The molecule has 2 heterocycles. The monoisotopic (exact) mass is 359 g/mol. The molecule has 0 spiro atoms. The van der Waals surface area contributed by atoms with Gasteiger partial charge in [0.15, 0.2) is 0 Å². The quantitative estimate of drug-likeness (QED) is 0.653. The maximum atomic E-state index is 12.2. The van der Waals surface area contributed by atoms with Gasteiger partial charge in [0.25, 0.3) is 5.17 Å². The molecule has 0 saturated carbocycles. The van der Waals surface area contributed by atoms with Crippen LogP contribution in [0.4, 0.5) is 5.69 Å². The summed E-state index contributed by atoms with van der Waals surface area (Å²) in [7, 11) is 1.39. The second kappa shape index (κ2) is 7.57. The van der Waals surface area contributed by atoms with Crippen LogP contribution in [0.15, 0.2) is 42.7 Å². The number of anilines is 1. The number of para-hydroxylation sites is 1. The van der Waals surface area contributed by atoms with Crippen molar-refractivity contribution < 1.29 is 14.3 Å². The van der Waals surface area contributed by atoms with Crippen LogP contribution in [0.1, 0.15) is 17.3 Å². The van der Waals surface area contributed by atoms with Gasteiger partial charge >= 0.3 is 5.97 Å². The van der Waals surface area contributed by atoms with Gasteiger partial charge in [0, 0.05) is 18.9 Å². The number of carbonyl (C=O) groups is 1. The molecule has 0 atom stereocenters. The van der Waals surface area contributed by atoms with Crippen LogP contribution in [-0.4, -0.2) is 48.6 Å². The Bertz CT molecular complexity index is 755. The molecule has 0 amide bonds. The first kappa shape index (κ1) is 17.3. The third-order valence-electron chi connectivity index (χ3n) is 4.07. The fourth-order valence-corrected chi connectivity index (χ4v) is 3.14. The lowest BCUT2D eigenvalue weighted by atomic mass is 10.1. The maximum absolute atomic E-state index is 12.2. The number of carbonyl (C=O) groups excluding carboxylic acids is 1. The van der Waals surface area contributed by atoms with E-state index >= 15 is 0 Å². The number of nitrogens with one attached hydrogen (secondary N) is 1. The van der Waals surface area contributed by atoms with Crippen molar-refractivity contribution in [3.63, 3.8) is 0 Å². The summed E-state index contributed by atoms with van der Waals surface area (Å²) in [5, 5.41) is 3.42. The molecule has 0 bridgehead atoms. The highest BCUT2D eigenvalue weighted by Gasteiger charge is 2.32. The van der Waals surface area contributed by atoms with Crippen LogP contribution >= 0.6 is 12.2 Å². The highest BCUT2D eigenvalue weighted by atomic mass is 32.1. The van der Waals surface area contributed by atoms with Crippen LogP contribution in [-0.2, 0) is 9.47 Å². The minimum absolute atomic E-state index is 0.0471. The molecular formula is C18H21N3O3S. The first-order valence-corrected chi connectivity index (χ1v) is 8.59. The molecule has 1 saturated heterocycles. The average molecular weight is 359 g/mol. The molecule has 1 aliphatic heterocycles. The molecule has 2 aromatic rings. The minimum atomic E-state index is -0.354. The first-order valence-electron chi connectivity index (χ1n) is 8.18. The van der Waals surface area contributed by atoms with E-state index in [2.05, 4.69) is 10.2 Å². The topological polar surface area (TPSA) is 55.7 Å². The zero-order valence-electron chi connectivity index (χ0n) is 14.3. The largest absolute Gasteiger partial charge is 0.465 e. The smallest absolute Gasteiger partial charge is 0.340 e. The molecule has 1 fully saturated rings. The number of rotatable bonds is 5. The fraction of sp³-hybridized carbons (Fsp3) is 0.333. The predicted octanol–water partition coefficient (Wildman–Crippen LogP) is 2.36. The Morgan fingerprint density at radius 2 is 2.00 bits per heavy atom. The maximum Gasteiger partial charge on any atom is 0.340 e. The Morgan fingerprint density at radius 1 is 1.28 bits per heavy atom. The van der Waals surface area contributed by atoms with Crippen molar-refractivity contribution >= 4 is 29.0 Å². The third kappa shape index (κ3) is 3.61. The Kier molecular flexibility index (Phi) is 5.23. The van der Waals surface area contributed by atoms with Crippen molar-refractivity contribution in [1.82, 2.24) is 9.88 Å². The second-order valence-electron chi connectivity index (χ2n) is 5.72. The van der Waals surface area contributed by atoms with Crippen LogP contribution in [0.3, 0.4) is 0 Å². The SMILES string of the molecule is CCNC(=S)OC1CN(c2cccc(C(=O)OC)c2-n2cccc2)C1. The Hall–Kier alpha value is -2.54. The van der Waals surface area contributed by atoms with E-state index in [0.717, 1.165) is 17.9 Å². The number of hydrogen-bond acceptors (Lipinski definition) is 5. The van der Waals surface area contributed by atoms with Crippen molar-refractivity contribution in [3.8, 4) is 5.69 Å². The van der Waals surface area contributed by atoms with Gasteiger partial charge in [-0.05, 0) is 43.4 Å². The molecule has 7 heteroatoms. The van der Waals surface area contributed by atoms with Gasteiger partial charge in [-0.15, -0.1) is 0 Å². The van der Waals surface area contributed by atoms with Crippen molar-refractivity contribution in [2.24, 2.45) is 0 Å². The standard InChI is InChI=1S/C18H21N3O3S/c1-3-19-18(25)24-13-11-21(12-13)15-8-6-7-14(17(22)23-2)16(15)20-9-4-5-10-20/h4-10,13H,3,11-12H2,1-2H3,(H,19,25). The van der Waals surface area contributed by atoms with E-state index < -0.39 is 0 Å². The normalized spacial score (nSPS) is 13.9. The number of aromatic nitrogens is 1. The summed E-state index contributed by atoms with van der Waals surface area (Å²) >= 11 is 5.13. The van der Waals surface area contributed by atoms with E-state index in [0.29, 0.717) is 23.8 Å². The van der Waals surface area contributed by atoms with Gasteiger partial charge in [-0.1, -0.05) is 6.07 Å². The first-order chi connectivity index (χ1) is 12.1. The third-order valence-corrected chi connectivity index (χ3v) is 4.31. The minimum Gasteiger partial charge on any atom is -0.465 e. The molecule has 1 N–H and O–H groups in total. The molecule has 0 aliphatic carbocycles. The van der Waals surface area contributed by atoms with Crippen LogP contribution in [0.2, 0.25) is 0 Å². The van der Waals surface area contributed by atoms with Gasteiger partial charge in [0.1, 0.15) is 6.10 Å². The van der Waals surface area contributed by atoms with E-state index in [9.17, 15) is 4.79 Å². The number of benzene rings is 1. The van der Waals surface area contributed by atoms with E-state index in [1.807, 2.05) is 48.1 Å². The average Bonchev–Trinajstić information content (AvgIpc) is 3.11. The lowest BCUT2D eigenvalue weighted by molar-refractivity contribution is 0.0601. The molecule has 1 aromatic carbocycles. The van der Waals surface area contributed by atoms with E-state index in [1.165, 1.54) is 7.11 Å². The van der Waals surface area contributed by atoms with Crippen LogP contribution in [0.5, 0.6) is 0 Å². The summed E-state index contributed by atoms with van der Waals surface area (Å²) in [6.45, 7) is 4.15. The number of esters is 1. The molecule has 25 heavy (non-hydrogen) atoms. The molecule has 6 nitrogen and oxygen atoms in total. The second-order valence-corrected chi connectivity index (χ2v) is 6.09. The van der Waals surface area contributed by atoms with Crippen molar-refractivity contribution in [2.45, 2.75) is 13.0 Å². The number of methoxy groups -OCH3 is 1. The Morgan fingerprint density at radius 3 is 2.64 bits per heavy atom. The summed E-state index contributed by atoms with van der Waals surface area (Å²) in [6, 6.07) is 9.49. The summed E-state index contributed by atoms with van der Waals surface area (Å²) in [5.41, 5.74) is 2.31. The van der Waals surface area contributed by atoms with Gasteiger partial charge < -0.3 is 24.3 Å². The molecule has 132 valence electrons. The zero-order chi connectivity index (χ0) is 17.8. The molecular weight excluding hydrogens is 338 g/mol. The summed E-state index contributed by atoms with van der Waals surface area (Å²) in [6.07, 6.45) is 3.88. The Labute approximate surface area is 152 Å². The molecule has 3 rings (SSSR count). The molecule has 1 aliphatic rings. The number of hydrogen-bond donors (Lipinski definition) is 1. The van der Waals surface area contributed by atoms with Crippen molar-refractivity contribution in [3.05, 3.63) is 48.3 Å². The van der Waals surface area contributed by atoms with Gasteiger partial charge in [-0.2, -0.15) is 0 Å². The number of nitrogens with zero attached hydrogens (tertiary/aromatic N) is 2. The van der Waals surface area contributed by atoms with Crippen LogP contribution in [0, 0.1) is 0 Å². The van der Waals surface area contributed by atoms with Gasteiger partial charge in [0.05, 0.1) is 37.1 Å². The summed E-state index contributed by atoms with van der Waals surface area (Å²) in [4.78, 5) is 14.4. The van der Waals surface area contributed by atoms with Gasteiger partial charge in [-0.25, -0.2) is 4.79 Å². The molecule has 1 aromatic heterocycles. The summed E-state index contributed by atoms with van der Waals surface area (Å²) < 4.78 is 12.6. The fourth-order valence-electron chi connectivity index (χ4n) is 2.86. The number of thiocarbonyl (C=S) groups is 1. The van der Waals surface area contributed by atoms with E-state index in [1.54, 1.807) is 6.07 Å². The summed E-state index contributed by atoms with van der Waals surface area (Å²) in [5.74, 6) is -0.354. The van der Waals surface area contributed by atoms with Crippen molar-refractivity contribution in [1.29, 1.82) is 0 Å². The van der Waals surface area contributed by atoms with Gasteiger partial charge in [0.2, 0.25) is 0 Å². The zero-order valence-corrected chi connectivity index (χ0v) is 15.1. The van der Waals surface area contributed by atoms with E-state index in [4.69, 9.17) is 21.7 Å². The van der Waals surface area contributed by atoms with Crippen LogP contribution < -0.4 is 10.2 Å². The van der Waals surface area contributed by atoms with Crippen molar-refractivity contribution in [2.75, 3.05) is 31.6 Å². The predicted molar refractivity (Wildman–Crippen MR) is 100 cm³/mol. The van der Waals surface area contributed by atoms with E-state index in [-0.39, 0.29) is 12.1 Å². The molecule has 0 radical (unpaired) electrons. The number of ether oxygens (including phenoxy) is 2. The Balaban J connectivity index is 1.83. The molecule has 0 unspecified atom stereocenters. The lowest BCUT2D eigenvalue weighted by Crippen LogP contribution is -2.54. The highest BCUT2D eigenvalue weighted by Crippen LogP contribution is 2.32. The van der Waals surface area contributed by atoms with Crippen LogP contribution in [0.25, 0.3) is 5.69 Å². The highest BCUT2D eigenvalue weighted by molar-refractivity contribution is 7.80. The van der Waals surface area contributed by atoms with Gasteiger partial charge in [-0.3, -0.25) is 0 Å². The lowest BCUT2D eigenvalue weighted by Gasteiger charge is -2.41.